The van der Waals surface area contributed by atoms with Gasteiger partial charge in [0.2, 0.25) is 10.0 Å². The van der Waals surface area contributed by atoms with Gasteiger partial charge in [0.1, 0.15) is 0 Å². The summed E-state index contributed by atoms with van der Waals surface area (Å²) in [6.07, 6.45) is 0. The van der Waals surface area contributed by atoms with Crippen LogP contribution in [-0.2, 0) is 10.0 Å². The van der Waals surface area contributed by atoms with Crippen molar-refractivity contribution in [2.45, 2.75) is 4.90 Å². The molecule has 0 bridgehead atoms. The highest BCUT2D eigenvalue weighted by Crippen LogP contribution is 2.26. The Hall–Kier alpha value is -0.630. The van der Waals surface area contributed by atoms with Crippen molar-refractivity contribution < 1.29 is 8.42 Å². The third-order valence-corrected chi connectivity index (χ3v) is 5.36. The van der Waals surface area contributed by atoms with Crippen molar-refractivity contribution in [1.29, 1.82) is 0 Å². The van der Waals surface area contributed by atoms with Gasteiger partial charge in [0, 0.05) is 30.3 Å². The molecule has 5 nitrogen and oxygen atoms in total. The number of anilines is 1. The van der Waals surface area contributed by atoms with Crippen molar-refractivity contribution in [3.05, 3.63) is 22.7 Å². The fourth-order valence-electron chi connectivity index (χ4n) is 1.35. The number of halogens is 1. The predicted molar refractivity (Wildman–Crippen MR) is 76.9 cm³/mol. The summed E-state index contributed by atoms with van der Waals surface area (Å²) in [5.41, 5.74) is 6.06. The Bertz CT molecular complexity index is 517. The number of hydrogen-bond acceptors (Lipinski definition) is 4. The summed E-state index contributed by atoms with van der Waals surface area (Å²) < 4.78 is 26.5. The summed E-state index contributed by atoms with van der Waals surface area (Å²) in [6.45, 7) is 1.09. The molecule has 0 saturated heterocycles. The molecule has 1 aromatic carbocycles. The summed E-state index contributed by atoms with van der Waals surface area (Å²) in [4.78, 5) is 2.13. The van der Waals surface area contributed by atoms with E-state index in [1.165, 1.54) is 10.4 Å². The van der Waals surface area contributed by atoms with E-state index in [9.17, 15) is 8.42 Å². The monoisotopic (exact) mass is 335 g/mol. The Balaban J connectivity index is 3.02. The largest absolute Gasteiger partial charge is 0.399 e. The lowest BCUT2D eigenvalue weighted by Crippen LogP contribution is -2.33. The van der Waals surface area contributed by atoms with E-state index in [1.54, 1.807) is 19.2 Å². The van der Waals surface area contributed by atoms with Gasteiger partial charge in [-0.2, -0.15) is 4.31 Å². The molecule has 7 heteroatoms. The Kier molecular flexibility index (Phi) is 5.15. The van der Waals surface area contributed by atoms with Crippen LogP contribution in [0, 0.1) is 0 Å². The second-order valence-electron chi connectivity index (χ2n) is 4.32. The van der Waals surface area contributed by atoms with Gasteiger partial charge < -0.3 is 10.6 Å². The molecule has 18 heavy (non-hydrogen) atoms. The molecule has 0 heterocycles. The first-order chi connectivity index (χ1) is 8.25. The van der Waals surface area contributed by atoms with E-state index in [1.807, 2.05) is 19.0 Å². The summed E-state index contributed by atoms with van der Waals surface area (Å²) in [7, 11) is 1.86. The molecule has 0 unspecified atom stereocenters. The highest BCUT2D eigenvalue weighted by atomic mass is 79.9. The molecule has 102 valence electrons. The molecule has 2 N–H and O–H groups in total. The van der Waals surface area contributed by atoms with E-state index in [2.05, 4.69) is 15.9 Å². The maximum Gasteiger partial charge on any atom is 0.244 e. The molecule has 0 aliphatic heterocycles. The fraction of sp³-hybridized carbons (Fsp3) is 0.455. The molecule has 0 saturated carbocycles. The van der Waals surface area contributed by atoms with E-state index in [0.717, 1.165) is 0 Å². The number of nitrogens with zero attached hydrogens (tertiary/aromatic N) is 2. The summed E-state index contributed by atoms with van der Waals surface area (Å²) in [5, 5.41) is 0. The molecule has 1 rings (SSSR count). The first-order valence-corrected chi connectivity index (χ1v) is 7.64. The highest BCUT2D eigenvalue weighted by molar-refractivity contribution is 9.10. The average Bonchev–Trinajstić information content (AvgIpc) is 2.28. The quantitative estimate of drug-likeness (QED) is 0.821. The highest BCUT2D eigenvalue weighted by Gasteiger charge is 2.23. The first kappa shape index (κ1) is 15.4. The Morgan fingerprint density at radius 2 is 1.83 bits per heavy atom. The van der Waals surface area contributed by atoms with Gasteiger partial charge in [-0.05, 0) is 48.2 Å². The average molecular weight is 336 g/mol. The van der Waals surface area contributed by atoms with Gasteiger partial charge in [-0.25, -0.2) is 8.42 Å². The third-order valence-electron chi connectivity index (χ3n) is 2.51. The van der Waals surface area contributed by atoms with Crippen LogP contribution in [-0.4, -0.2) is 51.9 Å². The lowest BCUT2D eigenvalue weighted by atomic mass is 10.3. The van der Waals surface area contributed by atoms with Crippen LogP contribution in [0.5, 0.6) is 0 Å². The zero-order valence-electron chi connectivity index (χ0n) is 10.7. The number of hydrogen-bond donors (Lipinski definition) is 1. The van der Waals surface area contributed by atoms with Gasteiger partial charge in [-0.3, -0.25) is 0 Å². The minimum Gasteiger partial charge on any atom is -0.399 e. The van der Waals surface area contributed by atoms with E-state index in [0.29, 0.717) is 23.2 Å². The van der Waals surface area contributed by atoms with Crippen LogP contribution in [0.15, 0.2) is 27.6 Å². The molecular weight excluding hydrogens is 318 g/mol. The molecule has 0 atom stereocenters. The van der Waals surface area contributed by atoms with Gasteiger partial charge in [0.05, 0.1) is 4.90 Å². The van der Waals surface area contributed by atoms with Crippen LogP contribution in [0.25, 0.3) is 0 Å². The van der Waals surface area contributed by atoms with Crippen molar-refractivity contribution in [3.63, 3.8) is 0 Å². The molecule has 0 aliphatic rings. The van der Waals surface area contributed by atoms with Crippen LogP contribution >= 0.6 is 15.9 Å². The molecule has 1 aromatic rings. The van der Waals surface area contributed by atoms with Crippen LogP contribution < -0.4 is 5.73 Å². The second-order valence-corrected chi connectivity index (χ2v) is 7.19. The molecule has 0 aromatic heterocycles. The number of benzene rings is 1. The normalized spacial score (nSPS) is 12.3. The Labute approximate surface area is 117 Å². The zero-order valence-corrected chi connectivity index (χ0v) is 13.1. The van der Waals surface area contributed by atoms with Gasteiger partial charge in [-0.1, -0.05) is 0 Å². The maximum atomic E-state index is 12.3. The van der Waals surface area contributed by atoms with Gasteiger partial charge in [0.25, 0.3) is 0 Å². The van der Waals surface area contributed by atoms with Crippen molar-refractivity contribution in [3.8, 4) is 0 Å². The maximum absolute atomic E-state index is 12.3. The zero-order chi connectivity index (χ0) is 13.9. The topological polar surface area (TPSA) is 66.6 Å². The van der Waals surface area contributed by atoms with Gasteiger partial charge >= 0.3 is 0 Å². The standard InChI is InChI=1S/C11H18BrN3O2S/c1-14(2)6-7-15(3)18(16,17)11-8-9(13)4-5-10(11)12/h4-5,8H,6-7,13H2,1-3H3. The van der Waals surface area contributed by atoms with E-state index < -0.39 is 10.0 Å². The molecule has 0 aliphatic carbocycles. The van der Waals surface area contributed by atoms with Gasteiger partial charge in [0.15, 0.2) is 0 Å². The number of rotatable bonds is 5. The molecule has 0 spiro atoms. The number of sulfonamides is 1. The summed E-state index contributed by atoms with van der Waals surface area (Å²) >= 11 is 3.24. The van der Waals surface area contributed by atoms with Crippen LogP contribution in [0.2, 0.25) is 0 Å². The smallest absolute Gasteiger partial charge is 0.244 e. The van der Waals surface area contributed by atoms with E-state index in [-0.39, 0.29) is 4.90 Å². The number of nitrogens with two attached hydrogens (primary N) is 1. The lowest BCUT2D eigenvalue weighted by molar-refractivity contribution is 0.358. The molecule has 0 fully saturated rings. The SMILES string of the molecule is CN(C)CCN(C)S(=O)(=O)c1cc(N)ccc1Br. The minimum atomic E-state index is -3.51. The van der Waals surface area contributed by atoms with Crippen molar-refractivity contribution >= 4 is 31.6 Å². The second kappa shape index (κ2) is 6.01. The molecule has 0 amide bonds. The van der Waals surface area contributed by atoms with Crippen molar-refractivity contribution in [2.75, 3.05) is 40.0 Å². The van der Waals surface area contributed by atoms with Crippen LogP contribution in [0.3, 0.4) is 0 Å². The van der Waals surface area contributed by atoms with Crippen LogP contribution in [0.1, 0.15) is 0 Å². The Morgan fingerprint density at radius 1 is 1.22 bits per heavy atom. The summed E-state index contributed by atoms with van der Waals surface area (Å²) in [6, 6.07) is 4.76. The number of nitrogen functional groups attached to an aromatic ring is 1. The fourth-order valence-corrected chi connectivity index (χ4v) is 3.46. The third kappa shape index (κ3) is 3.68. The van der Waals surface area contributed by atoms with Gasteiger partial charge in [-0.15, -0.1) is 0 Å². The minimum absolute atomic E-state index is 0.198. The summed E-state index contributed by atoms with van der Waals surface area (Å²) in [5.74, 6) is 0. The predicted octanol–water partition coefficient (Wildman–Crippen LogP) is 1.21. The first-order valence-electron chi connectivity index (χ1n) is 5.41. The Morgan fingerprint density at radius 3 is 2.39 bits per heavy atom. The van der Waals surface area contributed by atoms with Crippen molar-refractivity contribution in [2.24, 2.45) is 0 Å². The molecule has 0 radical (unpaired) electrons. The van der Waals surface area contributed by atoms with E-state index in [4.69, 9.17) is 5.73 Å². The lowest BCUT2D eigenvalue weighted by Gasteiger charge is -2.20. The number of likely N-dealkylation sites (N-methyl/N-ethyl adjacent to an activating group) is 2. The molecular formula is C11H18BrN3O2S. The van der Waals surface area contributed by atoms with E-state index >= 15 is 0 Å². The van der Waals surface area contributed by atoms with Crippen molar-refractivity contribution in [1.82, 2.24) is 9.21 Å². The van der Waals surface area contributed by atoms with Crippen LogP contribution in [0.4, 0.5) is 5.69 Å².